The number of nitrogens with zero attached hydrogens (tertiary/aromatic N) is 2. The summed E-state index contributed by atoms with van der Waals surface area (Å²) < 4.78 is 0. The molecule has 0 unspecified atom stereocenters. The minimum Gasteiger partial charge on any atom is -0.242 e. The molecule has 0 atom stereocenters. The van der Waals surface area contributed by atoms with E-state index in [-0.39, 0.29) is 0 Å². The fourth-order valence-electron chi connectivity index (χ4n) is 1.33. The maximum atomic E-state index is 3.33. The minimum atomic E-state index is 1.11. The molecule has 0 aliphatic carbocycles. The summed E-state index contributed by atoms with van der Waals surface area (Å²) in [6.07, 6.45) is 5.37. The van der Waals surface area contributed by atoms with Crippen molar-refractivity contribution in [1.29, 1.82) is 0 Å². The molecule has 1 aliphatic rings. The molecule has 1 rings (SSSR count). The van der Waals surface area contributed by atoms with Gasteiger partial charge in [-0.05, 0) is 12.8 Å². The van der Waals surface area contributed by atoms with Crippen LogP contribution in [-0.4, -0.2) is 37.3 Å². The highest BCUT2D eigenvalue weighted by atomic mass is 15.8. The van der Waals surface area contributed by atoms with Crippen LogP contribution < -0.4 is 5.43 Å². The lowest BCUT2D eigenvalue weighted by Gasteiger charge is -2.27. The Labute approximate surface area is 69.3 Å². The molecule has 1 fully saturated rings. The number of hydrogen-bond donors (Lipinski definition) is 1. The molecule has 1 aliphatic heterocycles. The van der Waals surface area contributed by atoms with E-state index in [4.69, 9.17) is 0 Å². The van der Waals surface area contributed by atoms with Crippen molar-refractivity contribution >= 4 is 0 Å². The Hall–Kier alpha value is -0.120. The predicted molar refractivity (Wildman–Crippen MR) is 46.9 cm³/mol. The quantitative estimate of drug-likeness (QED) is 0.562. The zero-order valence-corrected chi connectivity index (χ0v) is 7.64. The van der Waals surface area contributed by atoms with Crippen molar-refractivity contribution in [3.8, 4) is 0 Å². The van der Waals surface area contributed by atoms with Crippen LogP contribution in [0.15, 0.2) is 0 Å². The first-order valence-electron chi connectivity index (χ1n) is 4.49. The van der Waals surface area contributed by atoms with Gasteiger partial charge in [-0.2, -0.15) is 5.12 Å². The Balaban J connectivity index is 2.29. The third kappa shape index (κ3) is 3.18. The zero-order chi connectivity index (χ0) is 8.10. The Morgan fingerprint density at radius 3 is 2.55 bits per heavy atom. The third-order valence-corrected chi connectivity index (χ3v) is 2.26. The first-order chi connectivity index (χ1) is 5.30. The average Bonchev–Trinajstić information content (AvgIpc) is 2.07. The Morgan fingerprint density at radius 2 is 1.73 bits per heavy atom. The van der Waals surface area contributed by atoms with Crippen molar-refractivity contribution < 1.29 is 0 Å². The van der Waals surface area contributed by atoms with Crippen molar-refractivity contribution in [2.75, 3.05) is 27.2 Å². The Bertz CT molecular complexity index is 93.5. The first kappa shape index (κ1) is 8.97. The van der Waals surface area contributed by atoms with Gasteiger partial charge in [0.2, 0.25) is 0 Å². The molecule has 0 saturated carbocycles. The summed E-state index contributed by atoms with van der Waals surface area (Å²) in [5.74, 6) is 0. The van der Waals surface area contributed by atoms with E-state index in [0.29, 0.717) is 0 Å². The van der Waals surface area contributed by atoms with Crippen molar-refractivity contribution in [3.63, 3.8) is 0 Å². The SMILES string of the molecule is CN1CCCCCCNN1C. The van der Waals surface area contributed by atoms with Crippen LogP contribution in [0.1, 0.15) is 25.7 Å². The van der Waals surface area contributed by atoms with Gasteiger partial charge in [0.1, 0.15) is 0 Å². The molecular formula is C8H19N3. The van der Waals surface area contributed by atoms with Gasteiger partial charge in [0.15, 0.2) is 0 Å². The van der Waals surface area contributed by atoms with Gasteiger partial charge in [-0.25, -0.2) is 10.4 Å². The maximum Gasteiger partial charge on any atom is 0.0176 e. The fraction of sp³-hybridized carbons (Fsp3) is 1.00. The van der Waals surface area contributed by atoms with Crippen LogP contribution in [0.5, 0.6) is 0 Å². The molecule has 0 aromatic heterocycles. The van der Waals surface area contributed by atoms with Crippen LogP contribution in [0.4, 0.5) is 0 Å². The van der Waals surface area contributed by atoms with Crippen LogP contribution in [0.2, 0.25) is 0 Å². The Kier molecular flexibility index (Phi) is 3.83. The van der Waals surface area contributed by atoms with Crippen LogP contribution in [0.3, 0.4) is 0 Å². The van der Waals surface area contributed by atoms with E-state index in [2.05, 4.69) is 29.6 Å². The third-order valence-electron chi connectivity index (χ3n) is 2.26. The van der Waals surface area contributed by atoms with Crippen molar-refractivity contribution in [1.82, 2.24) is 15.6 Å². The van der Waals surface area contributed by atoms with Crippen molar-refractivity contribution in [3.05, 3.63) is 0 Å². The lowest BCUT2D eigenvalue weighted by Crippen LogP contribution is -2.46. The molecule has 3 heteroatoms. The molecule has 66 valence electrons. The number of nitrogens with one attached hydrogen (secondary N) is 1. The predicted octanol–water partition coefficient (Wildman–Crippen LogP) is 0.844. The van der Waals surface area contributed by atoms with E-state index in [0.717, 1.165) is 6.54 Å². The first-order valence-corrected chi connectivity index (χ1v) is 4.49. The fourth-order valence-corrected chi connectivity index (χ4v) is 1.33. The molecule has 0 aromatic rings. The highest BCUT2D eigenvalue weighted by Gasteiger charge is 2.06. The second kappa shape index (κ2) is 4.70. The molecule has 0 radical (unpaired) electrons. The van der Waals surface area contributed by atoms with Gasteiger partial charge < -0.3 is 0 Å². The van der Waals surface area contributed by atoms with E-state index in [9.17, 15) is 0 Å². The van der Waals surface area contributed by atoms with E-state index in [1.165, 1.54) is 32.2 Å². The monoisotopic (exact) mass is 157 g/mol. The smallest absolute Gasteiger partial charge is 0.0176 e. The molecule has 0 spiro atoms. The number of hydrazine groups is 2. The molecule has 11 heavy (non-hydrogen) atoms. The van der Waals surface area contributed by atoms with Crippen LogP contribution in [0, 0.1) is 0 Å². The average molecular weight is 157 g/mol. The van der Waals surface area contributed by atoms with E-state index in [1.54, 1.807) is 0 Å². The molecule has 0 aromatic carbocycles. The maximum absolute atomic E-state index is 3.33. The molecule has 0 bridgehead atoms. The summed E-state index contributed by atoms with van der Waals surface area (Å²) in [6, 6.07) is 0. The normalized spacial score (nSPS) is 25.6. The molecule has 1 saturated heterocycles. The van der Waals surface area contributed by atoms with Gasteiger partial charge in [-0.3, -0.25) is 0 Å². The lowest BCUT2D eigenvalue weighted by molar-refractivity contribution is -0.0211. The van der Waals surface area contributed by atoms with Gasteiger partial charge in [0.25, 0.3) is 0 Å². The second-order valence-electron chi connectivity index (χ2n) is 3.23. The minimum absolute atomic E-state index is 1.11. The second-order valence-corrected chi connectivity index (χ2v) is 3.23. The summed E-state index contributed by atoms with van der Waals surface area (Å²) >= 11 is 0. The van der Waals surface area contributed by atoms with E-state index in [1.807, 2.05) is 0 Å². The number of rotatable bonds is 0. The van der Waals surface area contributed by atoms with E-state index >= 15 is 0 Å². The summed E-state index contributed by atoms with van der Waals surface area (Å²) in [4.78, 5) is 0. The van der Waals surface area contributed by atoms with E-state index < -0.39 is 0 Å². The zero-order valence-electron chi connectivity index (χ0n) is 7.64. The highest BCUT2D eigenvalue weighted by molar-refractivity contribution is 4.52. The molecule has 3 nitrogen and oxygen atoms in total. The summed E-state index contributed by atoms with van der Waals surface area (Å²) in [7, 11) is 4.20. The van der Waals surface area contributed by atoms with Crippen molar-refractivity contribution in [2.45, 2.75) is 25.7 Å². The van der Waals surface area contributed by atoms with Crippen LogP contribution in [-0.2, 0) is 0 Å². The van der Waals surface area contributed by atoms with Gasteiger partial charge >= 0.3 is 0 Å². The van der Waals surface area contributed by atoms with Crippen LogP contribution in [0.25, 0.3) is 0 Å². The Morgan fingerprint density at radius 1 is 1.00 bits per heavy atom. The topological polar surface area (TPSA) is 18.5 Å². The molecular weight excluding hydrogens is 138 g/mol. The van der Waals surface area contributed by atoms with Gasteiger partial charge in [0, 0.05) is 27.2 Å². The van der Waals surface area contributed by atoms with Gasteiger partial charge in [-0.15, -0.1) is 0 Å². The van der Waals surface area contributed by atoms with Crippen molar-refractivity contribution in [2.24, 2.45) is 0 Å². The van der Waals surface area contributed by atoms with Gasteiger partial charge in [-0.1, -0.05) is 12.8 Å². The molecule has 1 heterocycles. The summed E-state index contributed by atoms with van der Waals surface area (Å²) in [6.45, 7) is 2.28. The standard InChI is InChI=1S/C8H19N3/c1-10-8-6-4-3-5-7-9-11(10)2/h9H,3-8H2,1-2H3. The largest absolute Gasteiger partial charge is 0.242 e. The molecule has 0 amide bonds. The molecule has 1 N–H and O–H groups in total. The highest BCUT2D eigenvalue weighted by Crippen LogP contribution is 2.03. The number of hydrogen-bond acceptors (Lipinski definition) is 3. The summed E-state index contributed by atoms with van der Waals surface area (Å²) in [5.41, 5.74) is 3.33. The van der Waals surface area contributed by atoms with Gasteiger partial charge in [0.05, 0.1) is 0 Å². The summed E-state index contributed by atoms with van der Waals surface area (Å²) in [5, 5.41) is 4.32. The van der Waals surface area contributed by atoms with Crippen LogP contribution >= 0.6 is 0 Å². The lowest BCUT2D eigenvalue weighted by atomic mass is 10.2.